The first-order valence-corrected chi connectivity index (χ1v) is 9.17. The number of guanidine groups is 1. The number of rotatable bonds is 6. The van der Waals surface area contributed by atoms with Gasteiger partial charge >= 0.3 is 0 Å². The van der Waals surface area contributed by atoms with Crippen molar-refractivity contribution in [3.8, 4) is 0 Å². The van der Waals surface area contributed by atoms with E-state index in [4.69, 9.17) is 0 Å². The highest BCUT2D eigenvalue weighted by Gasteiger charge is 2.16. The van der Waals surface area contributed by atoms with Gasteiger partial charge in [0.2, 0.25) is 5.91 Å². The molecular formula is C20H30N4O. The van der Waals surface area contributed by atoms with Gasteiger partial charge in [-0.2, -0.15) is 0 Å². The topological polar surface area (TPSA) is 56.7 Å². The molecule has 0 aliphatic carbocycles. The second-order valence-electron chi connectivity index (χ2n) is 6.50. The van der Waals surface area contributed by atoms with Crippen LogP contribution in [0.3, 0.4) is 0 Å². The molecule has 1 aliphatic rings. The Hall–Kier alpha value is -2.30. The van der Waals surface area contributed by atoms with Gasteiger partial charge in [-0.1, -0.05) is 36.4 Å². The molecule has 0 saturated carbocycles. The van der Waals surface area contributed by atoms with Crippen molar-refractivity contribution in [2.75, 3.05) is 26.2 Å². The summed E-state index contributed by atoms with van der Waals surface area (Å²) in [5.41, 5.74) is 2.69. The molecule has 0 aromatic heterocycles. The third-order valence-electron chi connectivity index (χ3n) is 4.04. The summed E-state index contributed by atoms with van der Waals surface area (Å²) in [6.45, 7) is 9.11. The molecule has 0 spiro atoms. The van der Waals surface area contributed by atoms with Crippen LogP contribution in [0.2, 0.25) is 0 Å². The molecule has 2 rings (SSSR count). The van der Waals surface area contributed by atoms with Crippen LogP contribution in [0.1, 0.15) is 39.2 Å². The van der Waals surface area contributed by atoms with Crippen LogP contribution in [-0.4, -0.2) is 49.0 Å². The zero-order valence-electron chi connectivity index (χ0n) is 15.6. The Morgan fingerprint density at radius 2 is 2.04 bits per heavy atom. The molecule has 1 aliphatic heterocycles. The summed E-state index contributed by atoms with van der Waals surface area (Å²) in [5, 5.41) is 6.24. The molecule has 1 aromatic rings. The Labute approximate surface area is 151 Å². The van der Waals surface area contributed by atoms with E-state index in [9.17, 15) is 4.79 Å². The van der Waals surface area contributed by atoms with Gasteiger partial charge in [-0.3, -0.25) is 9.79 Å². The molecule has 25 heavy (non-hydrogen) atoms. The predicted octanol–water partition coefficient (Wildman–Crippen LogP) is 2.66. The third-order valence-corrected chi connectivity index (χ3v) is 4.04. The average molecular weight is 342 g/mol. The fraction of sp³-hybridized carbons (Fsp3) is 0.500. The van der Waals surface area contributed by atoms with Crippen molar-refractivity contribution in [3.63, 3.8) is 0 Å². The van der Waals surface area contributed by atoms with Gasteiger partial charge in [0.1, 0.15) is 0 Å². The molecule has 1 amide bonds. The molecule has 1 heterocycles. The van der Waals surface area contributed by atoms with E-state index < -0.39 is 0 Å². The predicted molar refractivity (Wildman–Crippen MR) is 104 cm³/mol. The zero-order valence-corrected chi connectivity index (χ0v) is 15.6. The highest BCUT2D eigenvalue weighted by atomic mass is 16.1. The largest absolute Gasteiger partial charge is 0.357 e. The van der Waals surface area contributed by atoms with Crippen LogP contribution in [0.5, 0.6) is 0 Å². The van der Waals surface area contributed by atoms with Gasteiger partial charge in [-0.15, -0.1) is 0 Å². The fourth-order valence-corrected chi connectivity index (χ4v) is 2.86. The first-order chi connectivity index (χ1) is 12.1. The van der Waals surface area contributed by atoms with Gasteiger partial charge in [0.15, 0.2) is 5.96 Å². The number of carbonyl (C=O) groups is 1. The summed E-state index contributed by atoms with van der Waals surface area (Å²) in [5.74, 6) is 0.947. The highest BCUT2D eigenvalue weighted by Crippen LogP contribution is 2.21. The lowest BCUT2D eigenvalue weighted by molar-refractivity contribution is -0.121. The van der Waals surface area contributed by atoms with Crippen molar-refractivity contribution in [2.24, 2.45) is 4.99 Å². The maximum atomic E-state index is 11.7. The second-order valence-corrected chi connectivity index (χ2v) is 6.50. The SMILES string of the molecule is CCNC(=NCCC(=O)NC(C)C)N1CC=C(c2ccccc2)CC1. The van der Waals surface area contributed by atoms with E-state index >= 15 is 0 Å². The van der Waals surface area contributed by atoms with Gasteiger partial charge in [0, 0.05) is 32.1 Å². The van der Waals surface area contributed by atoms with Gasteiger partial charge in [-0.25, -0.2) is 0 Å². The second kappa shape index (κ2) is 9.87. The zero-order chi connectivity index (χ0) is 18.1. The molecule has 0 radical (unpaired) electrons. The number of aliphatic imine (C=N–C) groups is 1. The standard InChI is InChI=1S/C20H30N4O/c1-4-21-20(22-13-10-19(25)23-16(2)3)24-14-11-18(12-15-24)17-8-6-5-7-9-17/h5-9,11,16H,4,10,12-15H2,1-3H3,(H,21,22)(H,23,25). The van der Waals surface area contributed by atoms with E-state index in [2.05, 4.69) is 57.8 Å². The molecule has 1 aromatic carbocycles. The lowest BCUT2D eigenvalue weighted by Gasteiger charge is -2.30. The number of hydrogen-bond acceptors (Lipinski definition) is 2. The molecule has 0 fully saturated rings. The Kier molecular flexibility index (Phi) is 7.51. The first-order valence-electron chi connectivity index (χ1n) is 9.17. The quantitative estimate of drug-likeness (QED) is 0.617. The van der Waals surface area contributed by atoms with Crippen LogP contribution < -0.4 is 10.6 Å². The van der Waals surface area contributed by atoms with Crippen LogP contribution in [0.15, 0.2) is 41.4 Å². The molecule has 0 atom stereocenters. The molecule has 5 heteroatoms. The summed E-state index contributed by atoms with van der Waals surface area (Å²) < 4.78 is 0. The number of carbonyl (C=O) groups excluding carboxylic acids is 1. The lowest BCUT2D eigenvalue weighted by atomic mass is 10.00. The van der Waals surface area contributed by atoms with Crippen molar-refractivity contribution < 1.29 is 4.79 Å². The van der Waals surface area contributed by atoms with E-state index in [1.165, 1.54) is 11.1 Å². The van der Waals surface area contributed by atoms with Crippen LogP contribution in [-0.2, 0) is 4.79 Å². The van der Waals surface area contributed by atoms with Gasteiger partial charge in [0.25, 0.3) is 0 Å². The van der Waals surface area contributed by atoms with Crippen molar-refractivity contribution in [2.45, 2.75) is 39.7 Å². The summed E-state index contributed by atoms with van der Waals surface area (Å²) >= 11 is 0. The normalized spacial score (nSPS) is 15.1. The van der Waals surface area contributed by atoms with Crippen LogP contribution in [0.25, 0.3) is 5.57 Å². The van der Waals surface area contributed by atoms with E-state index in [-0.39, 0.29) is 11.9 Å². The fourth-order valence-electron chi connectivity index (χ4n) is 2.86. The highest BCUT2D eigenvalue weighted by molar-refractivity contribution is 5.82. The third kappa shape index (κ3) is 6.25. The minimum absolute atomic E-state index is 0.0551. The van der Waals surface area contributed by atoms with Crippen molar-refractivity contribution >= 4 is 17.4 Å². The van der Waals surface area contributed by atoms with Crippen molar-refractivity contribution in [1.29, 1.82) is 0 Å². The van der Waals surface area contributed by atoms with E-state index in [0.717, 1.165) is 32.0 Å². The molecule has 0 saturated heterocycles. The van der Waals surface area contributed by atoms with Crippen molar-refractivity contribution in [1.82, 2.24) is 15.5 Å². The Morgan fingerprint density at radius 1 is 1.28 bits per heavy atom. The number of nitrogens with zero attached hydrogens (tertiary/aromatic N) is 2. The van der Waals surface area contributed by atoms with Crippen LogP contribution in [0, 0.1) is 0 Å². The minimum atomic E-state index is 0.0551. The summed E-state index contributed by atoms with van der Waals surface area (Å²) in [7, 11) is 0. The summed E-state index contributed by atoms with van der Waals surface area (Å²) in [4.78, 5) is 18.6. The smallest absolute Gasteiger partial charge is 0.222 e. The number of nitrogens with one attached hydrogen (secondary N) is 2. The Bertz CT molecular complexity index is 607. The molecule has 0 bridgehead atoms. The van der Waals surface area contributed by atoms with Gasteiger partial charge in [0.05, 0.1) is 6.54 Å². The van der Waals surface area contributed by atoms with E-state index in [0.29, 0.717) is 13.0 Å². The number of amides is 1. The molecule has 5 nitrogen and oxygen atoms in total. The molecule has 2 N–H and O–H groups in total. The average Bonchev–Trinajstić information content (AvgIpc) is 2.61. The molecule has 0 unspecified atom stereocenters. The van der Waals surface area contributed by atoms with Crippen molar-refractivity contribution in [3.05, 3.63) is 42.0 Å². The summed E-state index contributed by atoms with van der Waals surface area (Å²) in [6, 6.07) is 10.7. The maximum Gasteiger partial charge on any atom is 0.222 e. The Balaban J connectivity index is 1.93. The Morgan fingerprint density at radius 3 is 2.64 bits per heavy atom. The van der Waals surface area contributed by atoms with Gasteiger partial charge < -0.3 is 15.5 Å². The summed E-state index contributed by atoms with van der Waals surface area (Å²) in [6.07, 6.45) is 3.70. The van der Waals surface area contributed by atoms with Gasteiger partial charge in [-0.05, 0) is 38.3 Å². The van der Waals surface area contributed by atoms with Crippen LogP contribution in [0.4, 0.5) is 0 Å². The monoisotopic (exact) mass is 342 g/mol. The molecular weight excluding hydrogens is 312 g/mol. The van der Waals surface area contributed by atoms with E-state index in [1.807, 2.05) is 19.9 Å². The number of benzene rings is 1. The molecule has 136 valence electrons. The van der Waals surface area contributed by atoms with E-state index in [1.54, 1.807) is 0 Å². The first kappa shape index (κ1) is 19.0. The number of hydrogen-bond donors (Lipinski definition) is 2. The lowest BCUT2D eigenvalue weighted by Crippen LogP contribution is -2.43. The minimum Gasteiger partial charge on any atom is -0.357 e. The maximum absolute atomic E-state index is 11.7. The van der Waals surface area contributed by atoms with Crippen LogP contribution >= 0.6 is 0 Å².